The SMILES string of the molecule is Cc1cccc(-c2ccc3c(c2)c2ccccc2n3-c2cccc(-c3cc(-c4ccc(-c5cccc(-c6nc(-c7ccccc7)nc(-c7ccccc7)n6)c5)cc4)c4sc5ccccc5c4c3)c2)c1. The zero-order valence-corrected chi connectivity index (χ0v) is 38.5. The van der Waals surface area contributed by atoms with Crippen LogP contribution >= 0.6 is 11.3 Å². The molecule has 4 nitrogen and oxygen atoms in total. The number of hydrogen-bond acceptors (Lipinski definition) is 4. The van der Waals surface area contributed by atoms with Crippen molar-refractivity contribution in [2.24, 2.45) is 0 Å². The van der Waals surface area contributed by atoms with E-state index in [4.69, 9.17) is 15.0 Å². The summed E-state index contributed by atoms with van der Waals surface area (Å²) in [7, 11) is 0. The van der Waals surface area contributed by atoms with E-state index in [-0.39, 0.29) is 0 Å². The molecule has 10 aromatic carbocycles. The van der Waals surface area contributed by atoms with E-state index in [1.165, 1.54) is 80.9 Å². The molecule has 0 bridgehead atoms. The van der Waals surface area contributed by atoms with Gasteiger partial charge in [0.25, 0.3) is 0 Å². The van der Waals surface area contributed by atoms with Gasteiger partial charge in [-0.2, -0.15) is 0 Å². The van der Waals surface area contributed by atoms with Gasteiger partial charge < -0.3 is 4.57 Å². The summed E-state index contributed by atoms with van der Waals surface area (Å²) in [6.07, 6.45) is 0. The molecule has 0 spiro atoms. The van der Waals surface area contributed by atoms with E-state index in [0.717, 1.165) is 33.5 Å². The number of para-hydroxylation sites is 1. The van der Waals surface area contributed by atoms with Crippen molar-refractivity contribution in [3.05, 3.63) is 242 Å². The molecule has 0 aliphatic carbocycles. The molecule has 3 heterocycles. The Morgan fingerprint density at radius 3 is 1.58 bits per heavy atom. The maximum absolute atomic E-state index is 5.01. The van der Waals surface area contributed by atoms with Gasteiger partial charge in [0.1, 0.15) is 0 Å². The Morgan fingerprint density at radius 2 is 0.841 bits per heavy atom. The summed E-state index contributed by atoms with van der Waals surface area (Å²) in [5.41, 5.74) is 17.0. The van der Waals surface area contributed by atoms with Crippen LogP contribution in [0.3, 0.4) is 0 Å². The van der Waals surface area contributed by atoms with Gasteiger partial charge in [0, 0.05) is 58.9 Å². The van der Waals surface area contributed by atoms with Crippen LogP contribution in [0.15, 0.2) is 237 Å². The highest BCUT2D eigenvalue weighted by molar-refractivity contribution is 7.26. The van der Waals surface area contributed by atoms with Crippen molar-refractivity contribution in [1.29, 1.82) is 0 Å². The average Bonchev–Trinajstić information content (AvgIpc) is 3.97. The third-order valence-corrected chi connectivity index (χ3v) is 14.5. The Labute approximate surface area is 404 Å². The van der Waals surface area contributed by atoms with Gasteiger partial charge in [-0.3, -0.25) is 0 Å². The zero-order valence-electron chi connectivity index (χ0n) is 37.7. The van der Waals surface area contributed by atoms with E-state index in [1.807, 2.05) is 72.0 Å². The Morgan fingerprint density at radius 1 is 0.319 bits per heavy atom. The van der Waals surface area contributed by atoms with Crippen molar-refractivity contribution < 1.29 is 0 Å². The Hall–Kier alpha value is -8.77. The lowest BCUT2D eigenvalue weighted by molar-refractivity contribution is 1.07. The fraction of sp³-hybridized carbons (Fsp3) is 0.0156. The predicted molar refractivity (Wildman–Crippen MR) is 290 cm³/mol. The molecule has 13 rings (SSSR count). The average molecular weight is 899 g/mol. The highest BCUT2D eigenvalue weighted by atomic mass is 32.1. The van der Waals surface area contributed by atoms with Crippen LogP contribution in [-0.4, -0.2) is 19.5 Å². The topological polar surface area (TPSA) is 43.6 Å². The fourth-order valence-electron chi connectivity index (χ4n) is 9.91. The van der Waals surface area contributed by atoms with Gasteiger partial charge in [0.2, 0.25) is 0 Å². The quantitative estimate of drug-likeness (QED) is 0.153. The normalized spacial score (nSPS) is 11.6. The molecule has 13 aromatic rings. The Balaban J connectivity index is 0.891. The maximum atomic E-state index is 5.01. The summed E-state index contributed by atoms with van der Waals surface area (Å²) >= 11 is 1.87. The van der Waals surface area contributed by atoms with Crippen molar-refractivity contribution in [3.8, 4) is 84.4 Å². The smallest absolute Gasteiger partial charge is 0.164 e. The molecule has 0 aliphatic rings. The highest BCUT2D eigenvalue weighted by Gasteiger charge is 2.18. The van der Waals surface area contributed by atoms with E-state index in [2.05, 4.69) is 187 Å². The van der Waals surface area contributed by atoms with Gasteiger partial charge in [-0.15, -0.1) is 11.3 Å². The lowest BCUT2D eigenvalue weighted by Gasteiger charge is -2.13. The van der Waals surface area contributed by atoms with Crippen LogP contribution in [0.2, 0.25) is 0 Å². The highest BCUT2D eigenvalue weighted by Crippen LogP contribution is 2.44. The number of aryl methyl sites for hydroxylation is 1. The van der Waals surface area contributed by atoms with Crippen LogP contribution in [0.1, 0.15) is 5.56 Å². The van der Waals surface area contributed by atoms with Gasteiger partial charge in [-0.1, -0.05) is 188 Å². The molecule has 5 heteroatoms. The van der Waals surface area contributed by atoms with Crippen molar-refractivity contribution in [2.45, 2.75) is 6.92 Å². The van der Waals surface area contributed by atoms with Crippen molar-refractivity contribution >= 4 is 53.3 Å². The summed E-state index contributed by atoms with van der Waals surface area (Å²) in [4.78, 5) is 14.9. The Bertz CT molecular complexity index is 4020. The van der Waals surface area contributed by atoms with Gasteiger partial charge in [0.15, 0.2) is 17.5 Å². The molecule has 0 saturated heterocycles. The second-order valence-electron chi connectivity index (χ2n) is 17.7. The van der Waals surface area contributed by atoms with Crippen LogP contribution in [-0.2, 0) is 0 Å². The minimum atomic E-state index is 0.639. The number of nitrogens with zero attached hydrogens (tertiary/aromatic N) is 4. The molecule has 324 valence electrons. The largest absolute Gasteiger partial charge is 0.309 e. The lowest BCUT2D eigenvalue weighted by Crippen LogP contribution is -2.00. The standard InChI is InChI=1S/C64H42N4S/c1-41-15-12-20-46(35-41)49-33-34-59-56(38-49)53-25-8-10-27-58(53)68(59)52-24-14-22-48(37-52)51-39-55(61-57(40-51)54-26-9-11-28-60(54)69-61)43-31-29-42(30-32-43)47-21-13-23-50(36-47)64-66-62(44-16-4-2-5-17-44)65-63(67-64)45-18-6-3-7-19-45/h2-40H,1H3. The molecule has 0 radical (unpaired) electrons. The first-order valence-electron chi connectivity index (χ1n) is 23.3. The first kappa shape index (κ1) is 40.5. The first-order chi connectivity index (χ1) is 34.1. The van der Waals surface area contributed by atoms with Gasteiger partial charge in [-0.25, -0.2) is 15.0 Å². The van der Waals surface area contributed by atoms with E-state index < -0.39 is 0 Å². The number of fused-ring (bicyclic) bond motifs is 6. The maximum Gasteiger partial charge on any atom is 0.164 e. The molecule has 69 heavy (non-hydrogen) atoms. The summed E-state index contributed by atoms with van der Waals surface area (Å²) in [6.45, 7) is 2.16. The van der Waals surface area contributed by atoms with E-state index in [1.54, 1.807) is 0 Å². The number of hydrogen-bond donors (Lipinski definition) is 0. The first-order valence-corrected chi connectivity index (χ1v) is 24.1. The number of benzene rings is 10. The summed E-state index contributed by atoms with van der Waals surface area (Å²) in [6, 6.07) is 84.9. The summed E-state index contributed by atoms with van der Waals surface area (Å²) < 4.78 is 5.00. The monoisotopic (exact) mass is 898 g/mol. The van der Waals surface area contributed by atoms with Crippen LogP contribution < -0.4 is 0 Å². The third kappa shape index (κ3) is 7.37. The van der Waals surface area contributed by atoms with E-state index in [9.17, 15) is 0 Å². The Kier molecular flexibility index (Phi) is 9.88. The zero-order chi connectivity index (χ0) is 45.8. The number of thiophene rings is 1. The molecule has 0 unspecified atom stereocenters. The van der Waals surface area contributed by atoms with Crippen molar-refractivity contribution in [3.63, 3.8) is 0 Å². The van der Waals surface area contributed by atoms with Crippen LogP contribution in [0.25, 0.3) is 126 Å². The lowest BCUT2D eigenvalue weighted by atomic mass is 9.94. The molecule has 0 amide bonds. The summed E-state index contributed by atoms with van der Waals surface area (Å²) in [5, 5.41) is 5.05. The molecular formula is C64H42N4S. The molecule has 0 N–H and O–H groups in total. The van der Waals surface area contributed by atoms with Gasteiger partial charge >= 0.3 is 0 Å². The molecule has 3 aromatic heterocycles. The molecular weight excluding hydrogens is 857 g/mol. The third-order valence-electron chi connectivity index (χ3n) is 13.3. The second kappa shape index (κ2) is 16.8. The second-order valence-corrected chi connectivity index (χ2v) is 18.8. The summed E-state index contributed by atoms with van der Waals surface area (Å²) in [5.74, 6) is 1.94. The molecule has 0 saturated carbocycles. The minimum absolute atomic E-state index is 0.639. The molecule has 0 atom stereocenters. The fourth-order valence-corrected chi connectivity index (χ4v) is 11.1. The molecule has 0 aliphatic heterocycles. The van der Waals surface area contributed by atoms with Crippen LogP contribution in [0.5, 0.6) is 0 Å². The molecule has 0 fully saturated rings. The van der Waals surface area contributed by atoms with E-state index in [0.29, 0.717) is 17.5 Å². The minimum Gasteiger partial charge on any atom is -0.309 e. The van der Waals surface area contributed by atoms with Crippen molar-refractivity contribution in [1.82, 2.24) is 19.5 Å². The van der Waals surface area contributed by atoms with Gasteiger partial charge in [0.05, 0.1) is 11.0 Å². The number of rotatable bonds is 8. The van der Waals surface area contributed by atoms with Crippen LogP contribution in [0, 0.1) is 6.92 Å². The van der Waals surface area contributed by atoms with Gasteiger partial charge in [-0.05, 0) is 100 Å². The van der Waals surface area contributed by atoms with Crippen molar-refractivity contribution in [2.75, 3.05) is 0 Å². The number of aromatic nitrogens is 4. The van der Waals surface area contributed by atoms with E-state index >= 15 is 0 Å². The predicted octanol–water partition coefficient (Wildman–Crippen LogP) is 17.3. The van der Waals surface area contributed by atoms with Crippen LogP contribution in [0.4, 0.5) is 0 Å².